The number of rotatable bonds is 3. The number of halogens is 1. The fraction of sp³-hybridized carbons (Fsp3) is 0.455. The van der Waals surface area contributed by atoms with E-state index in [4.69, 9.17) is 16.7 Å². The first-order chi connectivity index (χ1) is 7.65. The summed E-state index contributed by atoms with van der Waals surface area (Å²) < 4.78 is 0. The summed E-state index contributed by atoms with van der Waals surface area (Å²) >= 11 is 5.62. The van der Waals surface area contributed by atoms with E-state index in [0.29, 0.717) is 23.2 Å². The van der Waals surface area contributed by atoms with Crippen molar-refractivity contribution < 1.29 is 9.90 Å². The molecule has 0 atom stereocenters. The molecule has 1 fully saturated rings. The van der Waals surface area contributed by atoms with Crippen LogP contribution in [0.3, 0.4) is 0 Å². The van der Waals surface area contributed by atoms with E-state index in [2.05, 4.69) is 10.3 Å². The summed E-state index contributed by atoms with van der Waals surface area (Å²) in [5.41, 5.74) is 0.504. The summed E-state index contributed by atoms with van der Waals surface area (Å²) in [5.74, 6) is 0.254. The van der Waals surface area contributed by atoms with Gasteiger partial charge < -0.3 is 10.4 Å². The van der Waals surface area contributed by atoms with E-state index in [1.54, 1.807) is 12.1 Å². The Bertz CT molecular complexity index is 374. The van der Waals surface area contributed by atoms with Gasteiger partial charge in [0.05, 0.1) is 11.7 Å². The number of carbonyl (C=O) groups excluding carboxylic acids is 1. The van der Waals surface area contributed by atoms with Crippen molar-refractivity contribution in [3.8, 4) is 0 Å². The molecule has 5 heteroatoms. The van der Waals surface area contributed by atoms with Gasteiger partial charge in [0, 0.05) is 12.7 Å². The van der Waals surface area contributed by atoms with Gasteiger partial charge in [-0.2, -0.15) is 0 Å². The number of nitrogens with zero attached hydrogens (tertiary/aromatic N) is 1. The molecule has 86 valence electrons. The average molecular weight is 241 g/mol. The molecule has 0 saturated heterocycles. The van der Waals surface area contributed by atoms with Crippen molar-refractivity contribution in [1.29, 1.82) is 0 Å². The normalized spacial score (nSPS) is 23.6. The van der Waals surface area contributed by atoms with Crippen molar-refractivity contribution in [2.45, 2.75) is 18.9 Å². The van der Waals surface area contributed by atoms with Gasteiger partial charge in [0.2, 0.25) is 0 Å². The van der Waals surface area contributed by atoms with Gasteiger partial charge in [-0.3, -0.25) is 4.79 Å². The zero-order valence-electron chi connectivity index (χ0n) is 8.69. The Morgan fingerprint density at radius 3 is 2.88 bits per heavy atom. The second-order valence-electron chi connectivity index (χ2n) is 4.07. The molecule has 1 aliphatic rings. The van der Waals surface area contributed by atoms with E-state index in [1.165, 1.54) is 6.20 Å². The van der Waals surface area contributed by atoms with E-state index in [-0.39, 0.29) is 12.0 Å². The SMILES string of the molecule is O=C(NCC1CC(O)C1)c1ccc(Cl)nc1. The molecule has 0 bridgehead atoms. The highest BCUT2D eigenvalue weighted by atomic mass is 35.5. The zero-order chi connectivity index (χ0) is 11.5. The second-order valence-corrected chi connectivity index (χ2v) is 4.46. The highest BCUT2D eigenvalue weighted by Crippen LogP contribution is 2.26. The number of aliphatic hydroxyl groups is 1. The minimum absolute atomic E-state index is 0.148. The van der Waals surface area contributed by atoms with E-state index in [0.717, 1.165) is 12.8 Å². The topological polar surface area (TPSA) is 62.2 Å². The third-order valence-corrected chi connectivity index (χ3v) is 2.98. The molecule has 1 saturated carbocycles. The largest absolute Gasteiger partial charge is 0.393 e. The van der Waals surface area contributed by atoms with Crippen LogP contribution < -0.4 is 5.32 Å². The lowest BCUT2D eigenvalue weighted by Crippen LogP contribution is -2.38. The lowest BCUT2D eigenvalue weighted by Gasteiger charge is -2.31. The highest BCUT2D eigenvalue weighted by molar-refractivity contribution is 6.29. The lowest BCUT2D eigenvalue weighted by atomic mass is 9.82. The highest BCUT2D eigenvalue weighted by Gasteiger charge is 2.27. The van der Waals surface area contributed by atoms with Crippen molar-refractivity contribution in [1.82, 2.24) is 10.3 Å². The first-order valence-corrected chi connectivity index (χ1v) is 5.61. The molecule has 4 nitrogen and oxygen atoms in total. The van der Waals surface area contributed by atoms with Gasteiger partial charge in [0.15, 0.2) is 0 Å². The molecule has 2 rings (SSSR count). The molecule has 0 spiro atoms. The summed E-state index contributed by atoms with van der Waals surface area (Å²) in [5, 5.41) is 12.3. The number of amides is 1. The number of pyridine rings is 1. The van der Waals surface area contributed by atoms with Crippen LogP contribution in [0, 0.1) is 5.92 Å². The molecule has 1 amide bonds. The lowest BCUT2D eigenvalue weighted by molar-refractivity contribution is 0.0420. The Balaban J connectivity index is 1.81. The Labute approximate surface area is 98.6 Å². The van der Waals surface area contributed by atoms with Gasteiger partial charge in [-0.05, 0) is 30.9 Å². The molecule has 1 aliphatic carbocycles. The van der Waals surface area contributed by atoms with Crippen LogP contribution in [0.2, 0.25) is 5.15 Å². The van der Waals surface area contributed by atoms with Crippen LogP contribution >= 0.6 is 11.6 Å². The van der Waals surface area contributed by atoms with Gasteiger partial charge in [-0.25, -0.2) is 4.98 Å². The van der Waals surface area contributed by atoms with Gasteiger partial charge in [-0.1, -0.05) is 11.6 Å². The van der Waals surface area contributed by atoms with E-state index in [1.807, 2.05) is 0 Å². The fourth-order valence-electron chi connectivity index (χ4n) is 1.72. The first kappa shape index (κ1) is 11.4. The van der Waals surface area contributed by atoms with Gasteiger partial charge in [0.25, 0.3) is 5.91 Å². The molecular formula is C11H13ClN2O2. The van der Waals surface area contributed by atoms with Crippen molar-refractivity contribution in [3.05, 3.63) is 29.0 Å². The maximum atomic E-state index is 11.6. The van der Waals surface area contributed by atoms with Crippen LogP contribution in [0.25, 0.3) is 0 Å². The van der Waals surface area contributed by atoms with Gasteiger partial charge in [-0.15, -0.1) is 0 Å². The van der Waals surface area contributed by atoms with Crippen LogP contribution in [0.5, 0.6) is 0 Å². The number of aliphatic hydroxyl groups excluding tert-OH is 1. The third-order valence-electron chi connectivity index (χ3n) is 2.75. The zero-order valence-corrected chi connectivity index (χ0v) is 9.44. The molecule has 1 heterocycles. The van der Waals surface area contributed by atoms with Crippen molar-refractivity contribution in [3.63, 3.8) is 0 Å². The van der Waals surface area contributed by atoms with Crippen molar-refractivity contribution >= 4 is 17.5 Å². The van der Waals surface area contributed by atoms with Crippen LogP contribution in [0.15, 0.2) is 18.3 Å². The minimum atomic E-state index is -0.181. The van der Waals surface area contributed by atoms with Gasteiger partial charge in [0.1, 0.15) is 5.15 Å². The van der Waals surface area contributed by atoms with E-state index < -0.39 is 0 Å². The molecule has 1 aromatic heterocycles. The summed E-state index contributed by atoms with van der Waals surface area (Å²) in [7, 11) is 0. The quantitative estimate of drug-likeness (QED) is 0.782. The molecule has 2 N–H and O–H groups in total. The average Bonchev–Trinajstić information content (AvgIpc) is 2.23. The Morgan fingerprint density at radius 1 is 1.56 bits per heavy atom. The number of nitrogens with one attached hydrogen (secondary N) is 1. The number of aromatic nitrogens is 1. The number of hydrogen-bond acceptors (Lipinski definition) is 3. The van der Waals surface area contributed by atoms with E-state index >= 15 is 0 Å². The Kier molecular flexibility index (Phi) is 3.41. The van der Waals surface area contributed by atoms with Crippen LogP contribution in [0.1, 0.15) is 23.2 Å². The summed E-state index contributed by atoms with van der Waals surface area (Å²) in [6.45, 7) is 0.610. The monoisotopic (exact) mass is 240 g/mol. The minimum Gasteiger partial charge on any atom is -0.393 e. The molecule has 16 heavy (non-hydrogen) atoms. The summed E-state index contributed by atoms with van der Waals surface area (Å²) in [4.78, 5) is 15.5. The molecule has 0 radical (unpaired) electrons. The number of hydrogen-bond donors (Lipinski definition) is 2. The maximum Gasteiger partial charge on any atom is 0.252 e. The molecular weight excluding hydrogens is 228 g/mol. The predicted octanol–water partition coefficient (Wildman–Crippen LogP) is 1.24. The van der Waals surface area contributed by atoms with Crippen LogP contribution in [0.4, 0.5) is 0 Å². The van der Waals surface area contributed by atoms with Crippen LogP contribution in [-0.2, 0) is 0 Å². The first-order valence-electron chi connectivity index (χ1n) is 5.23. The van der Waals surface area contributed by atoms with Crippen molar-refractivity contribution in [2.24, 2.45) is 5.92 Å². The van der Waals surface area contributed by atoms with E-state index in [9.17, 15) is 4.79 Å². The van der Waals surface area contributed by atoms with Crippen LogP contribution in [-0.4, -0.2) is 28.6 Å². The predicted molar refractivity (Wildman–Crippen MR) is 60.3 cm³/mol. The smallest absolute Gasteiger partial charge is 0.252 e. The van der Waals surface area contributed by atoms with Gasteiger partial charge >= 0.3 is 0 Å². The fourth-order valence-corrected chi connectivity index (χ4v) is 1.83. The Morgan fingerprint density at radius 2 is 2.31 bits per heavy atom. The molecule has 0 aliphatic heterocycles. The van der Waals surface area contributed by atoms with Crippen molar-refractivity contribution in [2.75, 3.05) is 6.54 Å². The maximum absolute atomic E-state index is 11.6. The summed E-state index contributed by atoms with van der Waals surface area (Å²) in [6, 6.07) is 3.23. The summed E-state index contributed by atoms with van der Waals surface area (Å²) in [6.07, 6.45) is 2.82. The molecule has 1 aromatic rings. The molecule has 0 unspecified atom stereocenters. The molecule has 0 aromatic carbocycles. The second kappa shape index (κ2) is 4.80. The Hall–Kier alpha value is -1.13. The third kappa shape index (κ3) is 2.71. The number of carbonyl (C=O) groups is 1. The standard InChI is InChI=1S/C11H13ClN2O2/c12-10-2-1-8(6-13-10)11(16)14-5-7-3-9(15)4-7/h1-2,6-7,9,15H,3-5H2,(H,14,16).